The molecule has 1 amide bonds. The van der Waals surface area contributed by atoms with Crippen LogP contribution in [0.5, 0.6) is 11.5 Å². The van der Waals surface area contributed by atoms with Crippen molar-refractivity contribution in [3.63, 3.8) is 0 Å². The first kappa shape index (κ1) is 20.0. The van der Waals surface area contributed by atoms with E-state index < -0.39 is 0 Å². The largest absolute Gasteiger partial charge is 0.490 e. The molecule has 0 unspecified atom stereocenters. The van der Waals surface area contributed by atoms with Crippen molar-refractivity contribution in [1.29, 1.82) is 0 Å². The second-order valence-electron chi connectivity index (χ2n) is 6.68. The van der Waals surface area contributed by atoms with Gasteiger partial charge in [-0.15, -0.1) is 0 Å². The monoisotopic (exact) mass is 384 g/mol. The molecular weight excluding hydrogens is 356 g/mol. The summed E-state index contributed by atoms with van der Waals surface area (Å²) in [6.45, 7) is 6.35. The highest BCUT2D eigenvalue weighted by Crippen LogP contribution is 2.26. The van der Waals surface area contributed by atoms with Gasteiger partial charge in [0, 0.05) is 32.4 Å². The number of anilines is 1. The van der Waals surface area contributed by atoms with Crippen LogP contribution in [0.2, 0.25) is 0 Å². The van der Waals surface area contributed by atoms with Gasteiger partial charge in [0.25, 0.3) is 5.91 Å². The molecule has 0 aliphatic carbocycles. The Bertz CT molecular complexity index is 757. The van der Waals surface area contributed by atoms with Gasteiger partial charge < -0.3 is 24.0 Å². The molecule has 6 heteroatoms. The number of morpholine rings is 1. The van der Waals surface area contributed by atoms with Crippen LogP contribution in [0.3, 0.4) is 0 Å². The van der Waals surface area contributed by atoms with Crippen molar-refractivity contribution < 1.29 is 19.0 Å². The standard InChI is InChI=1S/C22H28N2O4/c1-3-27-20-6-4-5-7-21(20)28-17-22(25)23(2)16-18-8-10-19(11-9-18)24-12-14-26-15-13-24/h4-11H,3,12-17H2,1-2H3. The van der Waals surface area contributed by atoms with Gasteiger partial charge in [-0.2, -0.15) is 0 Å². The molecule has 0 saturated carbocycles. The van der Waals surface area contributed by atoms with Crippen molar-refractivity contribution >= 4 is 11.6 Å². The van der Waals surface area contributed by atoms with Gasteiger partial charge in [0.05, 0.1) is 19.8 Å². The maximum Gasteiger partial charge on any atom is 0.260 e. The van der Waals surface area contributed by atoms with Gasteiger partial charge in [0.15, 0.2) is 18.1 Å². The minimum absolute atomic E-state index is 0.0214. The van der Waals surface area contributed by atoms with Gasteiger partial charge in [0.2, 0.25) is 0 Å². The molecule has 28 heavy (non-hydrogen) atoms. The Labute approximate surface area is 166 Å². The molecule has 150 valence electrons. The highest BCUT2D eigenvalue weighted by atomic mass is 16.5. The third-order valence-electron chi connectivity index (χ3n) is 4.66. The summed E-state index contributed by atoms with van der Waals surface area (Å²) in [5.41, 5.74) is 2.28. The lowest BCUT2D eigenvalue weighted by atomic mass is 10.1. The van der Waals surface area contributed by atoms with Gasteiger partial charge in [-0.3, -0.25) is 4.79 Å². The Morgan fingerprint density at radius 2 is 1.68 bits per heavy atom. The minimum Gasteiger partial charge on any atom is -0.490 e. The van der Waals surface area contributed by atoms with E-state index in [1.807, 2.05) is 31.2 Å². The molecule has 0 aromatic heterocycles. The Morgan fingerprint density at radius 3 is 2.32 bits per heavy atom. The molecule has 1 fully saturated rings. The number of carbonyl (C=O) groups is 1. The number of nitrogens with zero attached hydrogens (tertiary/aromatic N) is 2. The molecule has 1 aliphatic heterocycles. The van der Waals surface area contributed by atoms with E-state index in [9.17, 15) is 4.79 Å². The van der Waals surface area contributed by atoms with Gasteiger partial charge in [-0.05, 0) is 36.8 Å². The predicted molar refractivity (Wildman–Crippen MR) is 109 cm³/mol. The zero-order valence-electron chi connectivity index (χ0n) is 16.6. The molecule has 0 spiro atoms. The molecule has 3 rings (SSSR count). The highest BCUT2D eigenvalue weighted by molar-refractivity contribution is 5.77. The number of amides is 1. The number of para-hydroxylation sites is 2. The fourth-order valence-corrected chi connectivity index (χ4v) is 3.09. The molecule has 1 saturated heterocycles. The summed E-state index contributed by atoms with van der Waals surface area (Å²) in [6.07, 6.45) is 0. The lowest BCUT2D eigenvalue weighted by Gasteiger charge is -2.29. The normalized spacial score (nSPS) is 13.9. The number of benzene rings is 2. The van der Waals surface area contributed by atoms with E-state index in [-0.39, 0.29) is 12.5 Å². The van der Waals surface area contributed by atoms with Crippen molar-refractivity contribution in [3.8, 4) is 11.5 Å². The van der Waals surface area contributed by atoms with Gasteiger partial charge >= 0.3 is 0 Å². The lowest BCUT2D eigenvalue weighted by Crippen LogP contribution is -2.36. The zero-order chi connectivity index (χ0) is 19.8. The third-order valence-corrected chi connectivity index (χ3v) is 4.66. The van der Waals surface area contributed by atoms with Crippen LogP contribution >= 0.6 is 0 Å². The quantitative estimate of drug-likeness (QED) is 0.700. The van der Waals surface area contributed by atoms with E-state index in [0.29, 0.717) is 24.7 Å². The molecule has 2 aromatic rings. The Balaban J connectivity index is 1.51. The van der Waals surface area contributed by atoms with E-state index in [1.54, 1.807) is 11.9 Å². The number of hydrogen-bond donors (Lipinski definition) is 0. The van der Waals surface area contributed by atoms with Crippen LogP contribution < -0.4 is 14.4 Å². The molecular formula is C22H28N2O4. The third kappa shape index (κ3) is 5.39. The molecule has 0 atom stereocenters. The van der Waals surface area contributed by atoms with E-state index in [4.69, 9.17) is 14.2 Å². The number of rotatable bonds is 8. The smallest absolute Gasteiger partial charge is 0.260 e. The average Bonchev–Trinajstić information content (AvgIpc) is 2.74. The van der Waals surface area contributed by atoms with E-state index in [0.717, 1.165) is 31.9 Å². The van der Waals surface area contributed by atoms with Crippen molar-refractivity contribution in [3.05, 3.63) is 54.1 Å². The van der Waals surface area contributed by atoms with Crippen LogP contribution in [0, 0.1) is 0 Å². The number of likely N-dealkylation sites (N-methyl/N-ethyl adjacent to an activating group) is 1. The Morgan fingerprint density at radius 1 is 1.04 bits per heavy atom. The second-order valence-corrected chi connectivity index (χ2v) is 6.68. The van der Waals surface area contributed by atoms with Crippen LogP contribution in [0.15, 0.2) is 48.5 Å². The van der Waals surface area contributed by atoms with Crippen LogP contribution in [0.25, 0.3) is 0 Å². The maximum atomic E-state index is 12.4. The van der Waals surface area contributed by atoms with Gasteiger partial charge in [-0.1, -0.05) is 24.3 Å². The molecule has 1 heterocycles. The summed E-state index contributed by atoms with van der Waals surface area (Å²) in [4.78, 5) is 16.4. The number of carbonyl (C=O) groups excluding carboxylic acids is 1. The van der Waals surface area contributed by atoms with Crippen LogP contribution in [0.1, 0.15) is 12.5 Å². The first-order valence-corrected chi connectivity index (χ1v) is 9.67. The van der Waals surface area contributed by atoms with Crippen LogP contribution in [0.4, 0.5) is 5.69 Å². The topological polar surface area (TPSA) is 51.2 Å². The van der Waals surface area contributed by atoms with E-state index in [1.165, 1.54) is 5.69 Å². The van der Waals surface area contributed by atoms with Crippen molar-refractivity contribution in [2.24, 2.45) is 0 Å². The summed E-state index contributed by atoms with van der Waals surface area (Å²) in [7, 11) is 1.79. The van der Waals surface area contributed by atoms with E-state index in [2.05, 4.69) is 29.2 Å². The molecule has 1 aliphatic rings. The summed E-state index contributed by atoms with van der Waals surface area (Å²) >= 11 is 0. The van der Waals surface area contributed by atoms with Crippen molar-refractivity contribution in [2.45, 2.75) is 13.5 Å². The second kappa shape index (κ2) is 9.99. The average molecular weight is 384 g/mol. The van der Waals surface area contributed by atoms with Crippen molar-refractivity contribution in [1.82, 2.24) is 4.90 Å². The van der Waals surface area contributed by atoms with Crippen molar-refractivity contribution in [2.75, 3.05) is 51.5 Å². The molecule has 0 N–H and O–H groups in total. The van der Waals surface area contributed by atoms with Gasteiger partial charge in [-0.25, -0.2) is 0 Å². The minimum atomic E-state index is -0.0800. The molecule has 6 nitrogen and oxygen atoms in total. The maximum absolute atomic E-state index is 12.4. The summed E-state index contributed by atoms with van der Waals surface area (Å²) in [6, 6.07) is 15.7. The fraction of sp³-hybridized carbons (Fsp3) is 0.409. The predicted octanol–water partition coefficient (Wildman–Crippen LogP) is 2.96. The van der Waals surface area contributed by atoms with Gasteiger partial charge in [0.1, 0.15) is 0 Å². The first-order chi connectivity index (χ1) is 13.7. The van der Waals surface area contributed by atoms with Crippen LogP contribution in [-0.4, -0.2) is 57.4 Å². The van der Waals surface area contributed by atoms with Crippen LogP contribution in [-0.2, 0) is 16.1 Å². The molecule has 0 bridgehead atoms. The lowest BCUT2D eigenvalue weighted by molar-refractivity contribution is -0.132. The SMILES string of the molecule is CCOc1ccccc1OCC(=O)N(C)Cc1ccc(N2CCOCC2)cc1. The van der Waals surface area contributed by atoms with E-state index >= 15 is 0 Å². The summed E-state index contributed by atoms with van der Waals surface area (Å²) in [5, 5.41) is 0. The highest BCUT2D eigenvalue weighted by Gasteiger charge is 2.14. The molecule has 0 radical (unpaired) electrons. The number of ether oxygens (including phenoxy) is 3. The first-order valence-electron chi connectivity index (χ1n) is 9.67. The zero-order valence-corrected chi connectivity index (χ0v) is 16.6. The summed E-state index contributed by atoms with van der Waals surface area (Å²) < 4.78 is 16.6. The fourth-order valence-electron chi connectivity index (χ4n) is 3.09. The Hall–Kier alpha value is -2.73. The Kier molecular flexibility index (Phi) is 7.14. The number of hydrogen-bond acceptors (Lipinski definition) is 5. The molecule has 2 aromatic carbocycles. The summed E-state index contributed by atoms with van der Waals surface area (Å²) in [5.74, 6) is 1.16.